The summed E-state index contributed by atoms with van der Waals surface area (Å²) < 4.78 is 13.1. The Morgan fingerprint density at radius 3 is 1.67 bits per heavy atom. The van der Waals surface area contributed by atoms with Gasteiger partial charge in [0.15, 0.2) is 5.60 Å². The molecule has 0 fully saturated rings. The van der Waals surface area contributed by atoms with Crippen LogP contribution in [0.5, 0.6) is 11.5 Å². The van der Waals surface area contributed by atoms with Gasteiger partial charge in [0.1, 0.15) is 11.5 Å². The van der Waals surface area contributed by atoms with E-state index in [-0.39, 0.29) is 6.10 Å². The largest absolute Gasteiger partial charge is 0.457 e. The van der Waals surface area contributed by atoms with Gasteiger partial charge in [-0.3, -0.25) is 0 Å². The Bertz CT molecular complexity index is 932. The summed E-state index contributed by atoms with van der Waals surface area (Å²) in [5.74, 6) is 1.72. The van der Waals surface area contributed by atoms with E-state index in [1.807, 2.05) is 0 Å². The highest BCUT2D eigenvalue weighted by Crippen LogP contribution is 2.53. The maximum absolute atomic E-state index is 6.79. The molecule has 0 aromatic heterocycles. The molecular formula is C25H26O2. The van der Waals surface area contributed by atoms with Crippen LogP contribution in [0.4, 0.5) is 0 Å². The fourth-order valence-electron chi connectivity index (χ4n) is 3.93. The van der Waals surface area contributed by atoms with E-state index in [0.717, 1.165) is 28.2 Å². The van der Waals surface area contributed by atoms with Gasteiger partial charge in [-0.1, -0.05) is 53.1 Å². The standard InChI is InChI=1S/C25H26O2/c1-16(2)27-25(20-10-6-17(3)7-11-20)21-14-18(4)8-12-23(21)26-24-13-9-19(5)15-22(24)25/h6-16H,1-5H3. The summed E-state index contributed by atoms with van der Waals surface area (Å²) >= 11 is 0. The van der Waals surface area contributed by atoms with Crippen LogP contribution in [-0.4, -0.2) is 6.10 Å². The highest BCUT2D eigenvalue weighted by molar-refractivity contribution is 5.62. The van der Waals surface area contributed by atoms with Crippen molar-refractivity contribution in [2.75, 3.05) is 0 Å². The van der Waals surface area contributed by atoms with Gasteiger partial charge in [-0.25, -0.2) is 0 Å². The zero-order chi connectivity index (χ0) is 19.2. The minimum Gasteiger partial charge on any atom is -0.457 e. The van der Waals surface area contributed by atoms with E-state index in [1.54, 1.807) is 0 Å². The average Bonchev–Trinajstić information content (AvgIpc) is 2.63. The van der Waals surface area contributed by atoms with Gasteiger partial charge in [0.05, 0.1) is 6.10 Å². The molecule has 0 unspecified atom stereocenters. The Hall–Kier alpha value is -2.58. The molecule has 2 heteroatoms. The summed E-state index contributed by atoms with van der Waals surface area (Å²) in [7, 11) is 0. The monoisotopic (exact) mass is 358 g/mol. The molecule has 0 aliphatic carbocycles. The molecule has 0 radical (unpaired) electrons. The second-order valence-electron chi connectivity index (χ2n) is 7.82. The molecule has 1 heterocycles. The van der Waals surface area contributed by atoms with Crippen LogP contribution in [0.2, 0.25) is 0 Å². The van der Waals surface area contributed by atoms with Crippen LogP contribution < -0.4 is 4.74 Å². The normalized spacial score (nSPS) is 14.4. The summed E-state index contributed by atoms with van der Waals surface area (Å²) in [5, 5.41) is 0. The third-order valence-corrected chi connectivity index (χ3v) is 5.12. The van der Waals surface area contributed by atoms with Crippen molar-refractivity contribution in [3.8, 4) is 11.5 Å². The molecule has 4 rings (SSSR count). The number of benzene rings is 3. The maximum Gasteiger partial charge on any atom is 0.151 e. The van der Waals surface area contributed by atoms with E-state index in [9.17, 15) is 0 Å². The maximum atomic E-state index is 6.79. The molecule has 0 spiro atoms. The van der Waals surface area contributed by atoms with Crippen molar-refractivity contribution in [1.29, 1.82) is 0 Å². The van der Waals surface area contributed by atoms with Gasteiger partial charge < -0.3 is 9.47 Å². The van der Waals surface area contributed by atoms with Crippen molar-refractivity contribution in [3.63, 3.8) is 0 Å². The highest BCUT2D eigenvalue weighted by atomic mass is 16.5. The first-order chi connectivity index (χ1) is 12.9. The van der Waals surface area contributed by atoms with E-state index in [1.165, 1.54) is 16.7 Å². The number of rotatable bonds is 3. The summed E-state index contributed by atoms with van der Waals surface area (Å²) in [6.07, 6.45) is 0.0473. The number of hydrogen-bond donors (Lipinski definition) is 0. The topological polar surface area (TPSA) is 18.5 Å². The Labute approximate surface area is 161 Å². The van der Waals surface area contributed by atoms with Gasteiger partial charge in [-0.2, -0.15) is 0 Å². The van der Waals surface area contributed by atoms with Crippen molar-refractivity contribution in [2.24, 2.45) is 0 Å². The molecule has 0 saturated carbocycles. The lowest BCUT2D eigenvalue weighted by molar-refractivity contribution is -0.0344. The number of fused-ring (bicyclic) bond motifs is 2. The molecule has 3 aromatic rings. The first kappa shape index (κ1) is 17.8. The van der Waals surface area contributed by atoms with Gasteiger partial charge >= 0.3 is 0 Å². The van der Waals surface area contributed by atoms with E-state index >= 15 is 0 Å². The van der Waals surface area contributed by atoms with Crippen molar-refractivity contribution in [2.45, 2.75) is 46.3 Å². The molecule has 2 nitrogen and oxygen atoms in total. The lowest BCUT2D eigenvalue weighted by Gasteiger charge is -2.42. The zero-order valence-electron chi connectivity index (χ0n) is 16.7. The quantitative estimate of drug-likeness (QED) is 0.537. The van der Waals surface area contributed by atoms with Gasteiger partial charge in [0, 0.05) is 11.1 Å². The van der Waals surface area contributed by atoms with Crippen LogP contribution in [0.3, 0.4) is 0 Å². The lowest BCUT2D eigenvalue weighted by Crippen LogP contribution is -2.38. The van der Waals surface area contributed by atoms with E-state index in [0.29, 0.717) is 0 Å². The smallest absolute Gasteiger partial charge is 0.151 e. The summed E-state index contributed by atoms with van der Waals surface area (Å²) in [5.41, 5.74) is 6.19. The lowest BCUT2D eigenvalue weighted by atomic mass is 9.76. The van der Waals surface area contributed by atoms with Gasteiger partial charge in [-0.05, 0) is 64.4 Å². The fraction of sp³-hybridized carbons (Fsp3) is 0.280. The second kappa shape index (κ2) is 6.54. The van der Waals surface area contributed by atoms with Gasteiger partial charge in [0.2, 0.25) is 0 Å². The minimum absolute atomic E-state index is 0.0473. The van der Waals surface area contributed by atoms with Crippen molar-refractivity contribution in [3.05, 3.63) is 94.0 Å². The molecule has 0 amide bonds. The third kappa shape index (κ3) is 2.94. The van der Waals surface area contributed by atoms with Gasteiger partial charge in [0.25, 0.3) is 0 Å². The minimum atomic E-state index is -0.692. The predicted molar refractivity (Wildman–Crippen MR) is 110 cm³/mol. The molecule has 138 valence electrons. The molecule has 1 aliphatic heterocycles. The Kier molecular flexibility index (Phi) is 4.32. The van der Waals surface area contributed by atoms with Crippen LogP contribution in [0.1, 0.15) is 47.2 Å². The summed E-state index contributed by atoms with van der Waals surface area (Å²) in [6, 6.07) is 21.4. The van der Waals surface area contributed by atoms with Crippen LogP contribution >= 0.6 is 0 Å². The van der Waals surface area contributed by atoms with Crippen LogP contribution in [-0.2, 0) is 10.3 Å². The SMILES string of the molecule is Cc1ccc(C2(OC(C)C)c3cc(C)ccc3Oc3ccc(C)cc32)cc1. The second-order valence-corrected chi connectivity index (χ2v) is 7.82. The van der Waals surface area contributed by atoms with Crippen LogP contribution in [0.15, 0.2) is 60.7 Å². The molecule has 0 N–H and O–H groups in total. The first-order valence-corrected chi connectivity index (χ1v) is 9.55. The van der Waals surface area contributed by atoms with Crippen LogP contribution in [0, 0.1) is 20.8 Å². The molecule has 0 saturated heterocycles. The number of aryl methyl sites for hydroxylation is 3. The molecule has 0 bridgehead atoms. The molecular weight excluding hydrogens is 332 g/mol. The third-order valence-electron chi connectivity index (χ3n) is 5.12. The zero-order valence-corrected chi connectivity index (χ0v) is 16.7. The molecule has 1 aliphatic rings. The molecule has 0 atom stereocenters. The Morgan fingerprint density at radius 1 is 0.704 bits per heavy atom. The number of ether oxygens (including phenoxy) is 2. The fourth-order valence-corrected chi connectivity index (χ4v) is 3.93. The van der Waals surface area contributed by atoms with E-state index in [2.05, 4.69) is 95.3 Å². The van der Waals surface area contributed by atoms with Crippen molar-refractivity contribution < 1.29 is 9.47 Å². The number of hydrogen-bond acceptors (Lipinski definition) is 2. The van der Waals surface area contributed by atoms with Crippen molar-refractivity contribution in [1.82, 2.24) is 0 Å². The van der Waals surface area contributed by atoms with E-state index < -0.39 is 5.60 Å². The average molecular weight is 358 g/mol. The van der Waals surface area contributed by atoms with Gasteiger partial charge in [-0.15, -0.1) is 0 Å². The Morgan fingerprint density at radius 2 is 1.19 bits per heavy atom. The first-order valence-electron chi connectivity index (χ1n) is 9.55. The molecule has 3 aromatic carbocycles. The van der Waals surface area contributed by atoms with Crippen molar-refractivity contribution >= 4 is 0 Å². The molecule has 27 heavy (non-hydrogen) atoms. The summed E-state index contributed by atoms with van der Waals surface area (Å²) in [6.45, 7) is 10.5. The predicted octanol–water partition coefficient (Wildman–Crippen LogP) is 6.43. The van der Waals surface area contributed by atoms with E-state index in [4.69, 9.17) is 9.47 Å². The van der Waals surface area contributed by atoms with Crippen LogP contribution in [0.25, 0.3) is 0 Å². The summed E-state index contributed by atoms with van der Waals surface area (Å²) in [4.78, 5) is 0. The highest BCUT2D eigenvalue weighted by Gasteiger charge is 2.45. The Balaban J connectivity index is 2.11.